The maximum absolute atomic E-state index is 11.9. The van der Waals surface area contributed by atoms with Crippen LogP contribution in [0.4, 0.5) is 0 Å². The molecule has 2 aromatic rings. The summed E-state index contributed by atoms with van der Waals surface area (Å²) in [7, 11) is 0. The topological polar surface area (TPSA) is 60.7 Å². The molecule has 0 bridgehead atoms. The molecule has 0 aliphatic heterocycles. The van der Waals surface area contributed by atoms with E-state index in [1.165, 1.54) is 4.68 Å². The number of benzene rings is 1. The summed E-state index contributed by atoms with van der Waals surface area (Å²) < 4.78 is 1.48. The van der Waals surface area contributed by atoms with Crippen LogP contribution in [0, 0.1) is 0 Å². The molecular weight excluding hydrogens is 192 g/mol. The van der Waals surface area contributed by atoms with Crippen molar-refractivity contribution in [2.24, 2.45) is 0 Å². The third-order valence-corrected chi connectivity index (χ3v) is 2.07. The van der Waals surface area contributed by atoms with E-state index in [1.54, 1.807) is 12.1 Å². The van der Waals surface area contributed by atoms with E-state index < -0.39 is 0 Å². The van der Waals surface area contributed by atoms with Crippen molar-refractivity contribution in [1.29, 1.82) is 0 Å². The summed E-state index contributed by atoms with van der Waals surface area (Å²) in [5.74, 6) is 0.131. The molecule has 2 rings (SSSR count). The predicted molar refractivity (Wildman–Crippen MR) is 53.4 cm³/mol. The third-order valence-electron chi connectivity index (χ3n) is 2.07. The first kappa shape index (κ1) is 9.51. The number of aryl methyl sites for hydroxylation is 1. The number of carbonyl (C=O) groups is 1. The van der Waals surface area contributed by atoms with Gasteiger partial charge in [0.1, 0.15) is 0 Å². The molecule has 0 atom stereocenters. The molecule has 0 saturated heterocycles. The maximum atomic E-state index is 11.9. The standard InChI is InChI=1S/C10H10N4O/c1-2-14-10(11-12-13-14)9(15)8-6-4-3-5-7-8/h3-7H,2H2,1H3. The third kappa shape index (κ3) is 1.76. The van der Waals surface area contributed by atoms with Crippen LogP contribution in [-0.2, 0) is 6.54 Å². The molecular formula is C10H10N4O. The number of carbonyl (C=O) groups excluding carboxylic acids is 1. The van der Waals surface area contributed by atoms with Gasteiger partial charge in [-0.3, -0.25) is 4.79 Å². The van der Waals surface area contributed by atoms with Gasteiger partial charge < -0.3 is 0 Å². The number of ketones is 1. The van der Waals surface area contributed by atoms with Gasteiger partial charge in [0, 0.05) is 12.1 Å². The average Bonchev–Trinajstić information content (AvgIpc) is 2.77. The smallest absolute Gasteiger partial charge is 0.231 e. The highest BCUT2D eigenvalue weighted by Crippen LogP contribution is 2.05. The largest absolute Gasteiger partial charge is 0.285 e. The number of rotatable bonds is 3. The molecule has 15 heavy (non-hydrogen) atoms. The quantitative estimate of drug-likeness (QED) is 0.694. The highest BCUT2D eigenvalue weighted by atomic mass is 16.1. The first-order valence-electron chi connectivity index (χ1n) is 4.69. The number of aromatic nitrogens is 4. The Morgan fingerprint density at radius 3 is 2.73 bits per heavy atom. The van der Waals surface area contributed by atoms with Crippen LogP contribution in [0.25, 0.3) is 0 Å². The SMILES string of the molecule is CCn1nnnc1C(=O)c1ccccc1. The maximum Gasteiger partial charge on any atom is 0.231 e. The summed E-state index contributed by atoms with van der Waals surface area (Å²) in [6, 6.07) is 8.98. The lowest BCUT2D eigenvalue weighted by molar-refractivity contribution is 0.102. The van der Waals surface area contributed by atoms with Crippen molar-refractivity contribution in [3.63, 3.8) is 0 Å². The second kappa shape index (κ2) is 4.00. The summed E-state index contributed by atoms with van der Waals surface area (Å²) in [5.41, 5.74) is 0.599. The van der Waals surface area contributed by atoms with E-state index >= 15 is 0 Å². The van der Waals surface area contributed by atoms with Crippen molar-refractivity contribution >= 4 is 5.78 Å². The van der Waals surface area contributed by atoms with Gasteiger partial charge in [0.25, 0.3) is 0 Å². The van der Waals surface area contributed by atoms with Crippen LogP contribution in [0.3, 0.4) is 0 Å². The normalized spacial score (nSPS) is 10.2. The Balaban J connectivity index is 2.37. The fraction of sp³-hybridized carbons (Fsp3) is 0.200. The second-order valence-electron chi connectivity index (χ2n) is 3.01. The molecule has 0 fully saturated rings. The van der Waals surface area contributed by atoms with Crippen LogP contribution in [0.5, 0.6) is 0 Å². The average molecular weight is 202 g/mol. The van der Waals surface area contributed by atoms with E-state index in [1.807, 2.05) is 25.1 Å². The number of nitrogens with zero attached hydrogens (tertiary/aromatic N) is 4. The van der Waals surface area contributed by atoms with Crippen LogP contribution in [0.2, 0.25) is 0 Å². The van der Waals surface area contributed by atoms with Crippen LogP contribution < -0.4 is 0 Å². The van der Waals surface area contributed by atoms with Gasteiger partial charge >= 0.3 is 0 Å². The van der Waals surface area contributed by atoms with E-state index in [4.69, 9.17) is 0 Å². The molecule has 5 nitrogen and oxygen atoms in total. The molecule has 1 aromatic carbocycles. The summed E-state index contributed by atoms with van der Waals surface area (Å²) >= 11 is 0. The molecule has 0 saturated carbocycles. The van der Waals surface area contributed by atoms with E-state index in [2.05, 4.69) is 15.5 Å². The Kier molecular flexibility index (Phi) is 2.53. The van der Waals surface area contributed by atoms with Crippen molar-refractivity contribution in [2.45, 2.75) is 13.5 Å². The first-order valence-corrected chi connectivity index (χ1v) is 4.69. The molecule has 0 N–H and O–H groups in total. The summed E-state index contributed by atoms with van der Waals surface area (Å²) in [5, 5.41) is 10.9. The molecule has 0 aliphatic rings. The molecule has 1 aromatic heterocycles. The summed E-state index contributed by atoms with van der Waals surface area (Å²) in [4.78, 5) is 11.9. The van der Waals surface area contributed by atoms with Crippen molar-refractivity contribution < 1.29 is 4.79 Å². The zero-order chi connectivity index (χ0) is 10.7. The highest BCUT2D eigenvalue weighted by molar-refractivity contribution is 6.06. The minimum Gasteiger partial charge on any atom is -0.285 e. The Labute approximate surface area is 86.7 Å². The first-order chi connectivity index (χ1) is 7.33. The van der Waals surface area contributed by atoms with E-state index in [9.17, 15) is 4.79 Å². The Bertz CT molecular complexity index is 463. The molecule has 0 aliphatic carbocycles. The van der Waals surface area contributed by atoms with Gasteiger partial charge in [-0.1, -0.05) is 30.3 Å². The molecule has 0 amide bonds. The predicted octanol–water partition coefficient (Wildman–Crippen LogP) is 0.924. The zero-order valence-corrected chi connectivity index (χ0v) is 8.29. The molecule has 0 spiro atoms. The molecule has 1 heterocycles. The van der Waals surface area contributed by atoms with Gasteiger partial charge in [-0.2, -0.15) is 0 Å². The fourth-order valence-electron chi connectivity index (χ4n) is 1.30. The van der Waals surface area contributed by atoms with Crippen molar-refractivity contribution in [2.75, 3.05) is 0 Å². The van der Waals surface area contributed by atoms with Gasteiger partial charge in [0.05, 0.1) is 0 Å². The summed E-state index contributed by atoms with van der Waals surface area (Å²) in [6.45, 7) is 2.47. The monoisotopic (exact) mass is 202 g/mol. The molecule has 76 valence electrons. The van der Waals surface area contributed by atoms with E-state index in [-0.39, 0.29) is 11.6 Å². The lowest BCUT2D eigenvalue weighted by Gasteiger charge is -1.99. The van der Waals surface area contributed by atoms with Crippen molar-refractivity contribution in [3.8, 4) is 0 Å². The number of tetrazole rings is 1. The molecule has 5 heteroatoms. The van der Waals surface area contributed by atoms with Crippen LogP contribution in [0.1, 0.15) is 23.1 Å². The fourth-order valence-corrected chi connectivity index (χ4v) is 1.30. The second-order valence-corrected chi connectivity index (χ2v) is 3.01. The van der Waals surface area contributed by atoms with Crippen LogP contribution >= 0.6 is 0 Å². The Hall–Kier alpha value is -2.04. The number of hydrogen-bond donors (Lipinski definition) is 0. The van der Waals surface area contributed by atoms with Crippen LogP contribution in [0.15, 0.2) is 30.3 Å². The summed E-state index contributed by atoms with van der Waals surface area (Å²) in [6.07, 6.45) is 0. The molecule has 0 unspecified atom stereocenters. The van der Waals surface area contributed by atoms with Gasteiger partial charge in [0.15, 0.2) is 0 Å². The lowest BCUT2D eigenvalue weighted by Crippen LogP contribution is -2.11. The highest BCUT2D eigenvalue weighted by Gasteiger charge is 2.15. The van der Waals surface area contributed by atoms with Crippen LogP contribution in [-0.4, -0.2) is 26.0 Å². The Morgan fingerprint density at radius 2 is 2.07 bits per heavy atom. The lowest BCUT2D eigenvalue weighted by atomic mass is 10.1. The van der Waals surface area contributed by atoms with E-state index in [0.717, 1.165) is 0 Å². The minimum absolute atomic E-state index is 0.151. The van der Waals surface area contributed by atoms with Gasteiger partial charge in [0.2, 0.25) is 11.6 Å². The van der Waals surface area contributed by atoms with Gasteiger partial charge in [-0.25, -0.2) is 4.68 Å². The number of hydrogen-bond acceptors (Lipinski definition) is 4. The Morgan fingerprint density at radius 1 is 1.33 bits per heavy atom. The van der Waals surface area contributed by atoms with Gasteiger partial charge in [-0.15, -0.1) is 5.10 Å². The molecule has 0 radical (unpaired) electrons. The minimum atomic E-state index is -0.151. The van der Waals surface area contributed by atoms with E-state index in [0.29, 0.717) is 12.1 Å². The van der Waals surface area contributed by atoms with Crippen molar-refractivity contribution in [1.82, 2.24) is 20.2 Å². The van der Waals surface area contributed by atoms with Gasteiger partial charge in [-0.05, 0) is 17.4 Å². The zero-order valence-electron chi connectivity index (χ0n) is 8.29. The van der Waals surface area contributed by atoms with Crippen molar-refractivity contribution in [3.05, 3.63) is 41.7 Å².